The Kier molecular flexibility index (Phi) is 5.78. The minimum absolute atomic E-state index is 0.338. The first kappa shape index (κ1) is 22.6. The Morgan fingerprint density at radius 1 is 0.636 bits per heavy atom. The zero-order valence-electron chi connectivity index (χ0n) is 19.7. The molecule has 0 aliphatic heterocycles. The Bertz CT molecular complexity index is 1060. The van der Waals surface area contributed by atoms with Crippen molar-refractivity contribution in [2.75, 3.05) is 28.4 Å². The number of rotatable bonds is 6. The molecule has 2 atom stereocenters. The monoisotopic (exact) mass is 448 g/mol. The predicted octanol–water partition coefficient (Wildman–Crippen LogP) is 4.54. The van der Waals surface area contributed by atoms with E-state index in [4.69, 9.17) is 18.9 Å². The highest BCUT2D eigenvalue weighted by molar-refractivity contribution is 6.13. The van der Waals surface area contributed by atoms with Crippen molar-refractivity contribution < 1.29 is 28.5 Å². The molecule has 2 aromatic carbocycles. The quantitative estimate of drug-likeness (QED) is 0.604. The van der Waals surface area contributed by atoms with E-state index in [2.05, 4.69) is 13.8 Å². The van der Waals surface area contributed by atoms with Gasteiger partial charge in [-0.25, -0.2) is 9.59 Å². The fraction of sp³-hybridized carbons (Fsp3) is 0.333. The van der Waals surface area contributed by atoms with E-state index in [1.165, 1.54) is 14.2 Å². The summed E-state index contributed by atoms with van der Waals surface area (Å²) in [5.74, 6) is -0.200. The zero-order valence-corrected chi connectivity index (χ0v) is 19.7. The van der Waals surface area contributed by atoms with Crippen molar-refractivity contribution in [1.29, 1.82) is 0 Å². The van der Waals surface area contributed by atoms with Crippen LogP contribution in [0.3, 0.4) is 0 Å². The molecule has 6 heteroatoms. The number of ether oxygens (including phenoxy) is 4. The summed E-state index contributed by atoms with van der Waals surface area (Å²) in [5.41, 5.74) is 4.25. The molecule has 0 spiro atoms. The smallest absolute Gasteiger partial charge is 0.334 e. The Hall–Kier alpha value is -3.54. The average molecular weight is 449 g/mol. The molecule has 0 N–H and O–H groups in total. The summed E-state index contributed by atoms with van der Waals surface area (Å²) >= 11 is 0. The van der Waals surface area contributed by atoms with Crippen LogP contribution in [0.2, 0.25) is 0 Å². The van der Waals surface area contributed by atoms with Gasteiger partial charge in [-0.2, -0.15) is 0 Å². The highest BCUT2D eigenvalue weighted by Crippen LogP contribution is 2.67. The molecule has 0 unspecified atom stereocenters. The van der Waals surface area contributed by atoms with Crippen LogP contribution in [-0.4, -0.2) is 40.4 Å². The number of benzene rings is 2. The molecule has 0 aromatic heterocycles. The van der Waals surface area contributed by atoms with Crippen molar-refractivity contribution in [3.63, 3.8) is 0 Å². The number of esters is 2. The lowest BCUT2D eigenvalue weighted by atomic mass is 9.74. The molecule has 2 aromatic rings. The summed E-state index contributed by atoms with van der Waals surface area (Å²) in [4.78, 5) is 26.0. The Labute approximate surface area is 193 Å². The van der Waals surface area contributed by atoms with Crippen LogP contribution in [0.5, 0.6) is 11.5 Å². The number of fused-ring (bicyclic) bond motifs is 2. The van der Waals surface area contributed by atoms with Gasteiger partial charge in [0.05, 0.1) is 39.6 Å². The number of methoxy groups -OCH3 is 4. The lowest BCUT2D eigenvalue weighted by molar-refractivity contribution is -0.139. The van der Waals surface area contributed by atoms with E-state index >= 15 is 0 Å². The van der Waals surface area contributed by atoms with Crippen molar-refractivity contribution in [2.45, 2.75) is 13.8 Å². The topological polar surface area (TPSA) is 71.1 Å². The first-order chi connectivity index (χ1) is 15.8. The maximum atomic E-state index is 13.0. The maximum absolute atomic E-state index is 13.0. The van der Waals surface area contributed by atoms with Gasteiger partial charge in [0, 0.05) is 11.8 Å². The van der Waals surface area contributed by atoms with Crippen molar-refractivity contribution in [3.8, 4) is 11.5 Å². The van der Waals surface area contributed by atoms with Gasteiger partial charge in [-0.05, 0) is 52.0 Å². The molecule has 6 nitrogen and oxygen atoms in total. The molecule has 2 bridgehead atoms. The molecular weight excluding hydrogens is 420 g/mol. The van der Waals surface area contributed by atoms with Crippen molar-refractivity contribution >= 4 is 23.1 Å². The summed E-state index contributed by atoms with van der Waals surface area (Å²) in [6, 6.07) is 15.5. The number of hydrogen-bond acceptors (Lipinski definition) is 6. The normalized spacial score (nSPS) is 20.7. The van der Waals surface area contributed by atoms with E-state index in [1.807, 2.05) is 48.5 Å². The number of hydrogen-bond donors (Lipinski definition) is 0. The third kappa shape index (κ3) is 3.41. The van der Waals surface area contributed by atoms with Crippen molar-refractivity contribution in [1.82, 2.24) is 0 Å². The van der Waals surface area contributed by atoms with Crippen LogP contribution in [0, 0.1) is 17.3 Å². The minimum atomic E-state index is -0.504. The highest BCUT2D eigenvalue weighted by Gasteiger charge is 2.61. The molecule has 2 aliphatic rings. The summed E-state index contributed by atoms with van der Waals surface area (Å²) in [6.45, 7) is 4.17. The van der Waals surface area contributed by atoms with Crippen LogP contribution in [0.4, 0.5) is 0 Å². The second-order valence-electron chi connectivity index (χ2n) is 8.78. The van der Waals surface area contributed by atoms with Gasteiger partial charge in [-0.15, -0.1) is 0 Å². The van der Waals surface area contributed by atoms with E-state index < -0.39 is 17.4 Å². The molecule has 0 saturated carbocycles. The highest BCUT2D eigenvalue weighted by atomic mass is 16.5. The second kappa shape index (κ2) is 8.43. The fourth-order valence-electron chi connectivity index (χ4n) is 5.43. The van der Waals surface area contributed by atoms with Crippen LogP contribution < -0.4 is 9.47 Å². The van der Waals surface area contributed by atoms with E-state index in [0.29, 0.717) is 11.1 Å². The number of carbonyl (C=O) groups excluding carboxylic acids is 2. The van der Waals surface area contributed by atoms with Gasteiger partial charge >= 0.3 is 11.9 Å². The number of carbonyl (C=O) groups is 2. The van der Waals surface area contributed by atoms with Gasteiger partial charge in [0.25, 0.3) is 0 Å². The van der Waals surface area contributed by atoms with Gasteiger partial charge in [-0.1, -0.05) is 38.1 Å². The summed E-state index contributed by atoms with van der Waals surface area (Å²) in [7, 11) is 5.92. The van der Waals surface area contributed by atoms with Gasteiger partial charge in [0.1, 0.15) is 11.5 Å². The first-order valence-corrected chi connectivity index (χ1v) is 10.7. The summed E-state index contributed by atoms with van der Waals surface area (Å²) in [6.07, 6.45) is 0. The van der Waals surface area contributed by atoms with Crippen LogP contribution >= 0.6 is 0 Å². The number of allylic oxidation sites excluding steroid dienone is 2. The predicted molar refractivity (Wildman–Crippen MR) is 125 cm³/mol. The Morgan fingerprint density at radius 3 is 1.24 bits per heavy atom. The van der Waals surface area contributed by atoms with E-state index in [9.17, 15) is 9.59 Å². The summed E-state index contributed by atoms with van der Waals surface area (Å²) in [5, 5.41) is 0. The van der Waals surface area contributed by atoms with Crippen LogP contribution in [-0.2, 0) is 19.1 Å². The molecular formula is C27H28O6. The molecule has 0 heterocycles. The van der Waals surface area contributed by atoms with Gasteiger partial charge in [0.2, 0.25) is 0 Å². The second-order valence-corrected chi connectivity index (χ2v) is 8.78. The molecule has 0 amide bonds. The van der Waals surface area contributed by atoms with E-state index in [1.54, 1.807) is 14.2 Å². The Balaban J connectivity index is 2.01. The lowest BCUT2D eigenvalue weighted by Crippen LogP contribution is -2.25. The minimum Gasteiger partial charge on any atom is -0.497 e. The fourth-order valence-corrected chi connectivity index (χ4v) is 5.43. The van der Waals surface area contributed by atoms with Gasteiger partial charge in [0.15, 0.2) is 0 Å². The SMILES string of the molecule is COC(=O)C1=C(C(=O)OC)[C@H]2C(c3ccc(OC)cc3)=C(c3ccc(OC)cc3)[C@@H]1C2(C)C. The van der Waals surface area contributed by atoms with E-state index in [0.717, 1.165) is 33.8 Å². The molecule has 33 heavy (non-hydrogen) atoms. The largest absolute Gasteiger partial charge is 0.497 e. The third-order valence-corrected chi connectivity index (χ3v) is 6.84. The van der Waals surface area contributed by atoms with Crippen molar-refractivity contribution in [3.05, 3.63) is 70.8 Å². The average Bonchev–Trinajstić information content (AvgIpc) is 3.23. The summed E-state index contributed by atoms with van der Waals surface area (Å²) < 4.78 is 20.9. The molecule has 2 aliphatic carbocycles. The molecule has 172 valence electrons. The zero-order chi connectivity index (χ0) is 23.9. The molecule has 0 saturated heterocycles. The Morgan fingerprint density at radius 2 is 0.970 bits per heavy atom. The van der Waals surface area contributed by atoms with Crippen molar-refractivity contribution in [2.24, 2.45) is 17.3 Å². The van der Waals surface area contributed by atoms with Crippen LogP contribution in [0.25, 0.3) is 11.1 Å². The van der Waals surface area contributed by atoms with E-state index in [-0.39, 0.29) is 11.8 Å². The maximum Gasteiger partial charge on any atom is 0.334 e. The lowest BCUT2D eigenvalue weighted by Gasteiger charge is -2.28. The standard InChI is InChI=1S/C27H28O6/c1-27(2)23-19(15-7-11-17(30-3)12-8-15)20(16-9-13-18(31-4)14-10-16)24(27)22(26(29)33-6)21(23)25(28)32-5/h7-14,23-24H,1-6H3/t23-,24+. The first-order valence-electron chi connectivity index (χ1n) is 10.7. The van der Waals surface area contributed by atoms with Gasteiger partial charge in [-0.3, -0.25) is 0 Å². The third-order valence-electron chi connectivity index (χ3n) is 6.84. The molecule has 0 fully saturated rings. The molecule has 0 radical (unpaired) electrons. The van der Waals surface area contributed by atoms with Gasteiger partial charge < -0.3 is 18.9 Å². The van der Waals surface area contributed by atoms with Crippen LogP contribution in [0.1, 0.15) is 25.0 Å². The van der Waals surface area contributed by atoms with Crippen LogP contribution in [0.15, 0.2) is 59.7 Å². The molecule has 4 rings (SSSR count).